The van der Waals surface area contributed by atoms with Crippen LogP contribution >= 0.6 is 0 Å². The Kier molecular flexibility index (Phi) is 1.72. The SMILES string of the molecule is CC(=O)c1occc1[N+](=O)[O-]. The molecule has 11 heavy (non-hydrogen) atoms. The first-order chi connectivity index (χ1) is 5.13. The topological polar surface area (TPSA) is 73.3 Å². The summed E-state index contributed by atoms with van der Waals surface area (Å²) in [5.74, 6) is -0.642. The van der Waals surface area contributed by atoms with Crippen LogP contribution in [0.25, 0.3) is 0 Å². The summed E-state index contributed by atoms with van der Waals surface area (Å²) in [4.78, 5) is 20.2. The van der Waals surface area contributed by atoms with E-state index in [0.29, 0.717) is 0 Å². The zero-order valence-corrected chi connectivity index (χ0v) is 5.73. The van der Waals surface area contributed by atoms with Crippen LogP contribution in [0.3, 0.4) is 0 Å². The highest BCUT2D eigenvalue weighted by Crippen LogP contribution is 2.19. The van der Waals surface area contributed by atoms with Crippen LogP contribution in [0, 0.1) is 10.1 Å². The number of nitro groups is 1. The summed E-state index contributed by atoms with van der Waals surface area (Å²) in [5.41, 5.74) is -0.280. The minimum absolute atomic E-state index is 0.199. The highest BCUT2D eigenvalue weighted by molar-refractivity contribution is 5.95. The molecule has 5 heteroatoms. The van der Waals surface area contributed by atoms with Gasteiger partial charge < -0.3 is 4.42 Å². The quantitative estimate of drug-likeness (QED) is 0.367. The highest BCUT2D eigenvalue weighted by atomic mass is 16.6. The fraction of sp³-hybridized carbons (Fsp3) is 0.167. The van der Waals surface area contributed by atoms with E-state index in [0.717, 1.165) is 12.3 Å². The summed E-state index contributed by atoms with van der Waals surface area (Å²) in [6.07, 6.45) is 1.12. The predicted molar refractivity (Wildman–Crippen MR) is 35.4 cm³/mol. The molecule has 0 aliphatic carbocycles. The van der Waals surface area contributed by atoms with Crippen molar-refractivity contribution in [3.05, 3.63) is 28.2 Å². The Morgan fingerprint density at radius 2 is 2.36 bits per heavy atom. The van der Waals surface area contributed by atoms with Gasteiger partial charge in [0.05, 0.1) is 17.3 Å². The van der Waals surface area contributed by atoms with E-state index in [1.54, 1.807) is 0 Å². The number of carbonyl (C=O) groups excluding carboxylic acids is 1. The van der Waals surface area contributed by atoms with Gasteiger partial charge in [-0.15, -0.1) is 0 Å². The summed E-state index contributed by atoms with van der Waals surface area (Å²) >= 11 is 0. The van der Waals surface area contributed by atoms with Gasteiger partial charge >= 0.3 is 5.69 Å². The minimum Gasteiger partial charge on any atom is -0.454 e. The summed E-state index contributed by atoms with van der Waals surface area (Å²) in [6.45, 7) is 1.21. The van der Waals surface area contributed by atoms with Crippen molar-refractivity contribution in [2.75, 3.05) is 0 Å². The number of nitrogens with zero attached hydrogens (tertiary/aromatic N) is 1. The van der Waals surface area contributed by atoms with E-state index in [4.69, 9.17) is 0 Å². The second-order valence-electron chi connectivity index (χ2n) is 1.95. The largest absolute Gasteiger partial charge is 0.454 e. The maximum Gasteiger partial charge on any atom is 0.318 e. The minimum atomic E-state index is -0.653. The molecule has 5 nitrogen and oxygen atoms in total. The fourth-order valence-corrected chi connectivity index (χ4v) is 0.710. The highest BCUT2D eigenvalue weighted by Gasteiger charge is 2.20. The molecule has 0 aromatic carbocycles. The number of Topliss-reactive ketones (excluding diaryl/α,β-unsaturated/α-hetero) is 1. The third-order valence-electron chi connectivity index (χ3n) is 1.16. The van der Waals surface area contributed by atoms with Crippen molar-refractivity contribution in [1.82, 2.24) is 0 Å². The average Bonchev–Trinajstić information content (AvgIpc) is 2.32. The van der Waals surface area contributed by atoms with Crippen LogP contribution in [0.1, 0.15) is 17.5 Å². The lowest BCUT2D eigenvalue weighted by Gasteiger charge is -1.86. The van der Waals surface area contributed by atoms with Gasteiger partial charge in [-0.25, -0.2) is 0 Å². The molecule has 0 radical (unpaired) electrons. The van der Waals surface area contributed by atoms with Gasteiger partial charge in [0.2, 0.25) is 11.5 Å². The Bertz CT molecular complexity index is 273. The van der Waals surface area contributed by atoms with Gasteiger partial charge in [0, 0.05) is 6.92 Å². The molecule has 0 bridgehead atoms. The van der Waals surface area contributed by atoms with E-state index in [9.17, 15) is 14.9 Å². The van der Waals surface area contributed by atoms with Gasteiger partial charge in [-0.1, -0.05) is 0 Å². The molecule has 58 valence electrons. The zero-order valence-electron chi connectivity index (χ0n) is 5.73. The smallest absolute Gasteiger partial charge is 0.318 e. The van der Waals surface area contributed by atoms with Gasteiger partial charge in [0.25, 0.3) is 0 Å². The van der Waals surface area contributed by atoms with Crippen molar-refractivity contribution in [2.24, 2.45) is 0 Å². The molecule has 0 unspecified atom stereocenters. The standard InChI is InChI=1S/C6H5NO4/c1-4(8)6-5(7(9)10)2-3-11-6/h2-3H,1H3. The number of rotatable bonds is 2. The molecule has 0 aliphatic heterocycles. The lowest BCUT2D eigenvalue weighted by Crippen LogP contribution is -1.95. The van der Waals surface area contributed by atoms with Gasteiger partial charge in [0.15, 0.2) is 0 Å². The van der Waals surface area contributed by atoms with Gasteiger partial charge in [-0.3, -0.25) is 14.9 Å². The van der Waals surface area contributed by atoms with Crippen LogP contribution in [0.4, 0.5) is 5.69 Å². The first-order valence-corrected chi connectivity index (χ1v) is 2.85. The molecule has 0 N–H and O–H groups in total. The van der Waals surface area contributed by atoms with Gasteiger partial charge in [-0.2, -0.15) is 0 Å². The van der Waals surface area contributed by atoms with E-state index in [2.05, 4.69) is 4.42 Å². The van der Waals surface area contributed by atoms with Crippen LogP contribution < -0.4 is 0 Å². The molecule has 1 aromatic rings. The lowest BCUT2D eigenvalue weighted by molar-refractivity contribution is -0.385. The Labute approximate surface area is 61.8 Å². The molecule has 0 aliphatic rings. The van der Waals surface area contributed by atoms with Crippen LogP contribution in [0.2, 0.25) is 0 Å². The molecular formula is C6H5NO4. The van der Waals surface area contributed by atoms with E-state index >= 15 is 0 Å². The molecule has 0 spiro atoms. The Morgan fingerprint density at radius 1 is 1.73 bits per heavy atom. The number of carbonyl (C=O) groups is 1. The maximum absolute atomic E-state index is 10.6. The lowest BCUT2D eigenvalue weighted by atomic mass is 10.3. The number of hydrogen-bond donors (Lipinski definition) is 0. The molecule has 0 amide bonds. The van der Waals surface area contributed by atoms with Crippen molar-refractivity contribution in [1.29, 1.82) is 0 Å². The monoisotopic (exact) mass is 155 g/mol. The molecular weight excluding hydrogens is 150 g/mol. The van der Waals surface area contributed by atoms with Gasteiger partial charge in [-0.05, 0) is 0 Å². The number of ketones is 1. The van der Waals surface area contributed by atoms with E-state index in [1.807, 2.05) is 0 Å². The van der Waals surface area contributed by atoms with Crippen LogP contribution in [-0.4, -0.2) is 10.7 Å². The molecule has 1 aromatic heterocycles. The number of furan rings is 1. The van der Waals surface area contributed by atoms with Crippen molar-refractivity contribution in [2.45, 2.75) is 6.92 Å². The summed E-state index contributed by atoms with van der Waals surface area (Å²) in [7, 11) is 0. The van der Waals surface area contributed by atoms with Crippen molar-refractivity contribution in [3.63, 3.8) is 0 Å². The van der Waals surface area contributed by atoms with Crippen LogP contribution in [-0.2, 0) is 0 Å². The molecule has 0 fully saturated rings. The molecule has 1 heterocycles. The van der Waals surface area contributed by atoms with Crippen molar-refractivity contribution in [3.8, 4) is 0 Å². The summed E-state index contributed by atoms with van der Waals surface area (Å²) in [6, 6.07) is 1.15. The van der Waals surface area contributed by atoms with E-state index in [-0.39, 0.29) is 11.4 Å². The summed E-state index contributed by atoms with van der Waals surface area (Å²) < 4.78 is 4.60. The summed E-state index contributed by atoms with van der Waals surface area (Å²) in [5, 5.41) is 10.2. The second-order valence-corrected chi connectivity index (χ2v) is 1.95. The third kappa shape index (κ3) is 1.26. The van der Waals surface area contributed by atoms with Gasteiger partial charge in [0.1, 0.15) is 0 Å². The maximum atomic E-state index is 10.6. The molecule has 0 atom stereocenters. The first-order valence-electron chi connectivity index (χ1n) is 2.85. The van der Waals surface area contributed by atoms with Crippen LogP contribution in [0.15, 0.2) is 16.7 Å². The molecule has 1 rings (SSSR count). The Hall–Kier alpha value is -1.65. The zero-order chi connectivity index (χ0) is 8.43. The van der Waals surface area contributed by atoms with Crippen molar-refractivity contribution >= 4 is 11.5 Å². The van der Waals surface area contributed by atoms with E-state index < -0.39 is 10.7 Å². The Balaban J connectivity index is 3.16. The fourth-order valence-electron chi connectivity index (χ4n) is 0.710. The van der Waals surface area contributed by atoms with E-state index in [1.165, 1.54) is 6.92 Å². The average molecular weight is 155 g/mol. The molecule has 0 saturated heterocycles. The Morgan fingerprint density at radius 3 is 2.73 bits per heavy atom. The van der Waals surface area contributed by atoms with Crippen LogP contribution in [0.5, 0.6) is 0 Å². The third-order valence-corrected chi connectivity index (χ3v) is 1.16. The molecule has 0 saturated carbocycles. The number of hydrogen-bond acceptors (Lipinski definition) is 4. The van der Waals surface area contributed by atoms with Crippen molar-refractivity contribution < 1.29 is 14.1 Å². The second kappa shape index (κ2) is 2.53. The first kappa shape index (κ1) is 7.46. The normalized spacial score (nSPS) is 9.55. The predicted octanol–water partition coefficient (Wildman–Crippen LogP) is 1.39.